The molecule has 1 aliphatic heterocycles. The number of hydrogen-bond donors (Lipinski definition) is 1. The van der Waals surface area contributed by atoms with Gasteiger partial charge in [-0.05, 0) is 32.8 Å². The van der Waals surface area contributed by atoms with Crippen LogP contribution >= 0.6 is 0 Å². The van der Waals surface area contributed by atoms with Gasteiger partial charge in [0.25, 0.3) is 0 Å². The minimum atomic E-state index is -0.612. The summed E-state index contributed by atoms with van der Waals surface area (Å²) in [4.78, 5) is 24.4. The predicted molar refractivity (Wildman–Crippen MR) is 94.6 cm³/mol. The molecule has 1 saturated heterocycles. The first-order valence-corrected chi connectivity index (χ1v) is 8.85. The van der Waals surface area contributed by atoms with E-state index in [1.807, 2.05) is 33.8 Å². The first kappa shape index (κ1) is 19.4. The van der Waals surface area contributed by atoms with E-state index in [0.717, 1.165) is 11.1 Å². The molecule has 5 nitrogen and oxygen atoms in total. The first-order valence-electron chi connectivity index (χ1n) is 8.85. The average Bonchev–Trinajstić information content (AvgIpc) is 2.78. The molecule has 2 aliphatic rings. The summed E-state index contributed by atoms with van der Waals surface area (Å²) in [6.45, 7) is 11.4. The normalized spacial score (nSPS) is 35.6. The monoisotopic (exact) mass is 348 g/mol. The lowest BCUT2D eigenvalue weighted by Crippen LogP contribution is -2.35. The second kappa shape index (κ2) is 8.00. The van der Waals surface area contributed by atoms with Crippen molar-refractivity contribution in [3.05, 3.63) is 35.5 Å². The molecule has 0 aromatic rings. The third-order valence-electron chi connectivity index (χ3n) is 4.92. The van der Waals surface area contributed by atoms with Gasteiger partial charge in [-0.15, -0.1) is 0 Å². The fourth-order valence-corrected chi connectivity index (χ4v) is 3.31. The zero-order valence-corrected chi connectivity index (χ0v) is 15.5. The molecular weight excluding hydrogens is 320 g/mol. The van der Waals surface area contributed by atoms with Crippen LogP contribution in [-0.4, -0.2) is 35.4 Å². The number of hydrogen-bond acceptors (Lipinski definition) is 5. The summed E-state index contributed by atoms with van der Waals surface area (Å²) < 4.78 is 11.2. The number of esters is 2. The third kappa shape index (κ3) is 4.60. The van der Waals surface area contributed by atoms with E-state index in [1.165, 1.54) is 0 Å². The number of aliphatic hydroxyl groups is 1. The van der Waals surface area contributed by atoms with Gasteiger partial charge in [0.2, 0.25) is 0 Å². The molecule has 0 amide bonds. The highest BCUT2D eigenvalue weighted by molar-refractivity contribution is 5.91. The van der Waals surface area contributed by atoms with Gasteiger partial charge in [-0.1, -0.05) is 37.6 Å². The fraction of sp³-hybridized carbons (Fsp3) is 0.600. The van der Waals surface area contributed by atoms with Crippen molar-refractivity contribution in [2.24, 2.45) is 11.8 Å². The molecule has 1 heterocycles. The van der Waals surface area contributed by atoms with E-state index >= 15 is 0 Å². The van der Waals surface area contributed by atoms with E-state index in [4.69, 9.17) is 9.47 Å². The second-order valence-electron chi connectivity index (χ2n) is 7.21. The maximum Gasteiger partial charge on any atom is 0.334 e. The van der Waals surface area contributed by atoms with Crippen molar-refractivity contribution < 1.29 is 24.2 Å². The fourth-order valence-electron chi connectivity index (χ4n) is 3.31. The highest BCUT2D eigenvalue weighted by atomic mass is 16.6. The Morgan fingerprint density at radius 2 is 2.00 bits per heavy atom. The lowest BCUT2D eigenvalue weighted by molar-refractivity contribution is -0.156. The van der Waals surface area contributed by atoms with E-state index in [-0.39, 0.29) is 11.9 Å². The van der Waals surface area contributed by atoms with Gasteiger partial charge in [0, 0.05) is 12.0 Å². The van der Waals surface area contributed by atoms with Gasteiger partial charge in [-0.3, -0.25) is 4.79 Å². The standard InChI is InChI=1S/C20H28O5/c1-6-13(4)19(22)24-16-9-11(2)7-15(21)8-12(3)10-17-18(16)14(5)20(23)25-17/h7,10,13,15-18,21H,5-6,8-9H2,1-4H3/b11-7+,12-10+/t13-,15+,16+,17+,18+/m0/s1. The zero-order chi connectivity index (χ0) is 18.7. The van der Waals surface area contributed by atoms with Gasteiger partial charge in [-0.25, -0.2) is 4.79 Å². The van der Waals surface area contributed by atoms with Gasteiger partial charge in [0.05, 0.1) is 17.9 Å². The van der Waals surface area contributed by atoms with Crippen LogP contribution in [0.15, 0.2) is 35.5 Å². The molecule has 5 atom stereocenters. The number of ether oxygens (including phenoxy) is 2. The molecule has 0 aromatic heterocycles. The topological polar surface area (TPSA) is 72.8 Å². The number of fused-ring (bicyclic) bond motifs is 1. The number of aliphatic hydroxyl groups excluding tert-OH is 1. The quantitative estimate of drug-likeness (QED) is 0.482. The molecule has 1 fully saturated rings. The lowest BCUT2D eigenvalue weighted by Gasteiger charge is -2.28. The number of carbonyl (C=O) groups is 2. The summed E-state index contributed by atoms with van der Waals surface area (Å²) in [6.07, 6.45) is 3.53. The van der Waals surface area contributed by atoms with Crippen LogP contribution in [0.3, 0.4) is 0 Å². The van der Waals surface area contributed by atoms with Crippen LogP contribution in [-0.2, 0) is 19.1 Å². The Morgan fingerprint density at radius 3 is 2.64 bits per heavy atom. The zero-order valence-electron chi connectivity index (χ0n) is 15.5. The highest BCUT2D eigenvalue weighted by Gasteiger charge is 2.44. The molecular formula is C20H28O5. The van der Waals surface area contributed by atoms with Crippen molar-refractivity contribution in [1.82, 2.24) is 0 Å². The van der Waals surface area contributed by atoms with Crippen molar-refractivity contribution >= 4 is 11.9 Å². The maximum atomic E-state index is 12.3. The molecule has 0 spiro atoms. The van der Waals surface area contributed by atoms with Crippen molar-refractivity contribution in [2.45, 2.75) is 65.3 Å². The Labute approximate surface area is 149 Å². The minimum absolute atomic E-state index is 0.215. The van der Waals surface area contributed by atoms with E-state index in [2.05, 4.69) is 6.58 Å². The lowest BCUT2D eigenvalue weighted by atomic mass is 9.85. The van der Waals surface area contributed by atoms with Crippen molar-refractivity contribution in [1.29, 1.82) is 0 Å². The second-order valence-corrected chi connectivity index (χ2v) is 7.21. The molecule has 138 valence electrons. The van der Waals surface area contributed by atoms with Crippen LogP contribution in [0.1, 0.15) is 47.0 Å². The Bertz CT molecular complexity index is 616. The largest absolute Gasteiger partial charge is 0.461 e. The van der Waals surface area contributed by atoms with Gasteiger partial charge in [0.15, 0.2) is 0 Å². The summed E-state index contributed by atoms with van der Waals surface area (Å²) >= 11 is 0. The molecule has 0 bridgehead atoms. The van der Waals surface area contributed by atoms with Crippen molar-refractivity contribution in [3.63, 3.8) is 0 Å². The molecule has 0 aromatic carbocycles. The molecule has 0 saturated carbocycles. The number of rotatable bonds is 3. The Morgan fingerprint density at radius 1 is 1.36 bits per heavy atom. The summed E-state index contributed by atoms with van der Waals surface area (Å²) in [5.74, 6) is -1.36. The van der Waals surface area contributed by atoms with Gasteiger partial charge < -0.3 is 14.6 Å². The van der Waals surface area contributed by atoms with Crippen LogP contribution in [0.5, 0.6) is 0 Å². The molecule has 5 heteroatoms. The summed E-state index contributed by atoms with van der Waals surface area (Å²) in [7, 11) is 0. The number of carbonyl (C=O) groups excluding carboxylic acids is 2. The molecule has 0 unspecified atom stereocenters. The van der Waals surface area contributed by atoms with Crippen LogP contribution in [0.25, 0.3) is 0 Å². The molecule has 1 aliphatic carbocycles. The Balaban J connectivity index is 2.39. The molecule has 1 N–H and O–H groups in total. The van der Waals surface area contributed by atoms with Crippen LogP contribution in [0, 0.1) is 11.8 Å². The summed E-state index contributed by atoms with van der Waals surface area (Å²) in [5, 5.41) is 10.2. The van der Waals surface area contributed by atoms with Crippen molar-refractivity contribution in [2.75, 3.05) is 0 Å². The van der Waals surface area contributed by atoms with Crippen LogP contribution < -0.4 is 0 Å². The first-order chi connectivity index (χ1) is 11.7. The summed E-state index contributed by atoms with van der Waals surface area (Å²) in [5.41, 5.74) is 2.17. The smallest absolute Gasteiger partial charge is 0.334 e. The predicted octanol–water partition coefficient (Wildman–Crippen LogP) is 3.09. The molecule has 0 radical (unpaired) electrons. The van der Waals surface area contributed by atoms with Gasteiger partial charge in [-0.2, -0.15) is 0 Å². The highest BCUT2D eigenvalue weighted by Crippen LogP contribution is 2.36. The van der Waals surface area contributed by atoms with Crippen LogP contribution in [0.4, 0.5) is 0 Å². The van der Waals surface area contributed by atoms with Gasteiger partial charge >= 0.3 is 11.9 Å². The minimum Gasteiger partial charge on any atom is -0.461 e. The maximum absolute atomic E-state index is 12.3. The molecule has 2 rings (SSSR count). The van der Waals surface area contributed by atoms with E-state index in [9.17, 15) is 14.7 Å². The average molecular weight is 348 g/mol. The Kier molecular flexibility index (Phi) is 6.22. The third-order valence-corrected chi connectivity index (χ3v) is 4.92. The van der Waals surface area contributed by atoms with Crippen molar-refractivity contribution in [3.8, 4) is 0 Å². The van der Waals surface area contributed by atoms with E-state index < -0.39 is 30.2 Å². The van der Waals surface area contributed by atoms with Gasteiger partial charge in [0.1, 0.15) is 12.2 Å². The summed E-state index contributed by atoms with van der Waals surface area (Å²) in [6, 6.07) is 0. The van der Waals surface area contributed by atoms with E-state index in [1.54, 1.807) is 6.08 Å². The molecule has 25 heavy (non-hydrogen) atoms. The van der Waals surface area contributed by atoms with Crippen LogP contribution in [0.2, 0.25) is 0 Å². The van der Waals surface area contributed by atoms with E-state index in [0.29, 0.717) is 24.8 Å². The Hall–Kier alpha value is -1.88. The SMILES string of the molecule is C=C1C(=O)O[C@@H]2/C=C(\C)C[C@H](O)/C=C(\C)C[C@@H](OC(=O)[C@@H](C)CC)[C@@H]12.